The van der Waals surface area contributed by atoms with Crippen molar-refractivity contribution in [3.63, 3.8) is 0 Å². The molecule has 1 saturated heterocycles. The Morgan fingerprint density at radius 2 is 2.33 bits per heavy atom. The first-order valence-electron chi connectivity index (χ1n) is 6.40. The molecule has 1 unspecified atom stereocenters. The van der Waals surface area contributed by atoms with E-state index in [-0.39, 0.29) is 6.10 Å². The molecule has 1 fully saturated rings. The topological polar surface area (TPSA) is 51.1 Å². The molecule has 1 N–H and O–H groups in total. The van der Waals surface area contributed by atoms with E-state index in [9.17, 15) is 0 Å². The summed E-state index contributed by atoms with van der Waals surface area (Å²) in [6, 6.07) is 7.63. The summed E-state index contributed by atoms with van der Waals surface area (Å²) in [5, 5.41) is 12.3. The van der Waals surface area contributed by atoms with Crippen molar-refractivity contribution in [2.24, 2.45) is 5.16 Å². The minimum atomic E-state index is 0.189. The summed E-state index contributed by atoms with van der Waals surface area (Å²) in [5.74, 6) is 0.752. The van der Waals surface area contributed by atoms with Crippen molar-refractivity contribution in [3.8, 4) is 5.75 Å². The van der Waals surface area contributed by atoms with E-state index >= 15 is 0 Å². The Kier molecular flexibility index (Phi) is 4.59. The highest BCUT2D eigenvalue weighted by atomic mass is 16.5. The third-order valence-electron chi connectivity index (χ3n) is 3.10. The second kappa shape index (κ2) is 6.40. The van der Waals surface area contributed by atoms with Crippen LogP contribution in [0, 0.1) is 0 Å². The Morgan fingerprint density at radius 1 is 1.50 bits per heavy atom. The van der Waals surface area contributed by atoms with Crippen molar-refractivity contribution < 1.29 is 14.7 Å². The molecule has 0 amide bonds. The number of hydrogen-bond donors (Lipinski definition) is 1. The summed E-state index contributed by atoms with van der Waals surface area (Å²) in [6.45, 7) is 3.33. The van der Waals surface area contributed by atoms with Gasteiger partial charge in [-0.1, -0.05) is 24.2 Å². The fourth-order valence-corrected chi connectivity index (χ4v) is 2.10. The minimum Gasteiger partial charge on any atom is -0.490 e. The zero-order valence-electron chi connectivity index (χ0n) is 10.6. The lowest BCUT2D eigenvalue weighted by molar-refractivity contribution is 0.0679. The number of rotatable bonds is 5. The molecule has 4 heteroatoms. The second-order valence-corrected chi connectivity index (χ2v) is 4.34. The molecule has 0 radical (unpaired) electrons. The molecule has 18 heavy (non-hydrogen) atoms. The molecular formula is C14H19NO3. The van der Waals surface area contributed by atoms with E-state index in [4.69, 9.17) is 14.7 Å². The number of hydrogen-bond acceptors (Lipinski definition) is 4. The van der Waals surface area contributed by atoms with Crippen LogP contribution in [0.2, 0.25) is 0 Å². The van der Waals surface area contributed by atoms with Gasteiger partial charge in [0.1, 0.15) is 12.4 Å². The normalized spacial score (nSPS) is 20.1. The third kappa shape index (κ3) is 3.01. The number of ether oxygens (including phenoxy) is 2. The highest BCUT2D eigenvalue weighted by Crippen LogP contribution is 2.22. The average molecular weight is 249 g/mol. The van der Waals surface area contributed by atoms with Gasteiger partial charge >= 0.3 is 0 Å². The fraction of sp³-hybridized carbons (Fsp3) is 0.500. The van der Waals surface area contributed by atoms with E-state index in [0.29, 0.717) is 18.7 Å². The third-order valence-corrected chi connectivity index (χ3v) is 3.10. The van der Waals surface area contributed by atoms with E-state index < -0.39 is 0 Å². The van der Waals surface area contributed by atoms with Crippen LogP contribution in [-0.4, -0.2) is 30.2 Å². The summed E-state index contributed by atoms with van der Waals surface area (Å²) in [5.41, 5.74) is 1.48. The molecule has 0 bridgehead atoms. The molecular weight excluding hydrogens is 230 g/mol. The van der Waals surface area contributed by atoms with Crippen molar-refractivity contribution in [1.29, 1.82) is 0 Å². The summed E-state index contributed by atoms with van der Waals surface area (Å²) in [4.78, 5) is 0. The first kappa shape index (κ1) is 12.9. The number of oxime groups is 1. The van der Waals surface area contributed by atoms with Crippen molar-refractivity contribution in [3.05, 3.63) is 29.8 Å². The zero-order valence-corrected chi connectivity index (χ0v) is 10.6. The van der Waals surface area contributed by atoms with E-state index in [1.165, 1.54) is 0 Å². The fourth-order valence-electron chi connectivity index (χ4n) is 2.10. The SMILES string of the molecule is CC/C(=N/O)c1ccccc1OCC1CCCO1. The van der Waals surface area contributed by atoms with Crippen molar-refractivity contribution >= 4 is 5.71 Å². The molecule has 1 heterocycles. The molecule has 4 nitrogen and oxygen atoms in total. The average Bonchev–Trinajstić information content (AvgIpc) is 2.92. The largest absolute Gasteiger partial charge is 0.490 e. The maximum Gasteiger partial charge on any atom is 0.128 e. The standard InChI is InChI=1S/C14H19NO3/c1-2-13(15-16)12-7-3-4-8-14(12)18-10-11-6-5-9-17-11/h3-4,7-8,11,16H,2,5-6,9-10H2,1H3/b15-13-. The van der Waals surface area contributed by atoms with Crippen LogP contribution in [0.1, 0.15) is 31.7 Å². The lowest BCUT2D eigenvalue weighted by Crippen LogP contribution is -2.17. The smallest absolute Gasteiger partial charge is 0.128 e. The van der Waals surface area contributed by atoms with Gasteiger partial charge in [-0.25, -0.2) is 0 Å². The molecule has 1 aromatic rings. The molecule has 98 valence electrons. The number of nitrogens with zero attached hydrogens (tertiary/aromatic N) is 1. The van der Waals surface area contributed by atoms with Gasteiger partial charge in [-0.3, -0.25) is 0 Å². The van der Waals surface area contributed by atoms with Gasteiger partial charge in [0, 0.05) is 12.2 Å². The molecule has 1 aliphatic rings. The van der Waals surface area contributed by atoms with Crippen LogP contribution in [0.4, 0.5) is 0 Å². The van der Waals surface area contributed by atoms with Crippen LogP contribution in [-0.2, 0) is 4.74 Å². The Hall–Kier alpha value is -1.55. The van der Waals surface area contributed by atoms with Crippen LogP contribution in [0.15, 0.2) is 29.4 Å². The van der Waals surface area contributed by atoms with E-state index in [1.807, 2.05) is 31.2 Å². The van der Waals surface area contributed by atoms with Crippen LogP contribution in [0.3, 0.4) is 0 Å². The Morgan fingerprint density at radius 3 is 3.00 bits per heavy atom. The minimum absolute atomic E-state index is 0.189. The van der Waals surface area contributed by atoms with Crippen LogP contribution < -0.4 is 4.74 Å². The highest BCUT2D eigenvalue weighted by Gasteiger charge is 2.17. The van der Waals surface area contributed by atoms with E-state index in [1.54, 1.807) is 0 Å². The van der Waals surface area contributed by atoms with E-state index in [0.717, 1.165) is 30.8 Å². The highest BCUT2D eigenvalue weighted by molar-refractivity contribution is 6.02. The molecule has 0 saturated carbocycles. The van der Waals surface area contributed by atoms with Gasteiger partial charge in [0.15, 0.2) is 0 Å². The monoisotopic (exact) mass is 249 g/mol. The summed E-state index contributed by atoms with van der Waals surface area (Å²) in [6.07, 6.45) is 3.01. The van der Waals surface area contributed by atoms with Crippen molar-refractivity contribution in [2.45, 2.75) is 32.3 Å². The molecule has 1 atom stereocenters. The maximum absolute atomic E-state index is 8.99. The quantitative estimate of drug-likeness (QED) is 0.496. The Bertz CT molecular complexity index is 411. The van der Waals surface area contributed by atoms with E-state index in [2.05, 4.69) is 5.16 Å². The number of benzene rings is 1. The Balaban J connectivity index is 2.07. The molecule has 2 rings (SSSR count). The van der Waals surface area contributed by atoms with Gasteiger partial charge in [0.05, 0.1) is 11.8 Å². The van der Waals surface area contributed by atoms with Gasteiger partial charge in [-0.15, -0.1) is 0 Å². The van der Waals surface area contributed by atoms with Gasteiger partial charge < -0.3 is 14.7 Å². The summed E-state index contributed by atoms with van der Waals surface area (Å²) in [7, 11) is 0. The molecule has 0 aliphatic carbocycles. The molecule has 1 aliphatic heterocycles. The van der Waals surface area contributed by atoms with Gasteiger partial charge in [-0.05, 0) is 31.4 Å². The maximum atomic E-state index is 8.99. The van der Waals surface area contributed by atoms with Gasteiger partial charge in [-0.2, -0.15) is 0 Å². The lowest BCUT2D eigenvalue weighted by atomic mass is 10.1. The summed E-state index contributed by atoms with van der Waals surface area (Å²) < 4.78 is 11.3. The first-order chi connectivity index (χ1) is 8.85. The predicted molar refractivity (Wildman–Crippen MR) is 69.5 cm³/mol. The Labute approximate surface area is 107 Å². The molecule has 1 aromatic carbocycles. The van der Waals surface area contributed by atoms with Crippen molar-refractivity contribution in [1.82, 2.24) is 0 Å². The van der Waals surface area contributed by atoms with Crippen LogP contribution >= 0.6 is 0 Å². The lowest BCUT2D eigenvalue weighted by Gasteiger charge is -2.14. The second-order valence-electron chi connectivity index (χ2n) is 4.34. The van der Waals surface area contributed by atoms with Crippen LogP contribution in [0.25, 0.3) is 0 Å². The zero-order chi connectivity index (χ0) is 12.8. The van der Waals surface area contributed by atoms with Crippen LogP contribution in [0.5, 0.6) is 5.75 Å². The summed E-state index contributed by atoms with van der Waals surface area (Å²) >= 11 is 0. The van der Waals surface area contributed by atoms with Gasteiger partial charge in [0.2, 0.25) is 0 Å². The first-order valence-corrected chi connectivity index (χ1v) is 6.40. The predicted octanol–water partition coefficient (Wildman–Crippen LogP) is 2.83. The molecule has 0 aromatic heterocycles. The van der Waals surface area contributed by atoms with Crippen molar-refractivity contribution in [2.75, 3.05) is 13.2 Å². The number of para-hydroxylation sites is 1. The van der Waals surface area contributed by atoms with Gasteiger partial charge in [0.25, 0.3) is 0 Å². The molecule has 0 spiro atoms.